The zero-order valence-electron chi connectivity index (χ0n) is 9.70. The number of rotatable bonds is 4. The van der Waals surface area contributed by atoms with Gasteiger partial charge in [-0.3, -0.25) is 0 Å². The number of hydrogen-bond donors (Lipinski definition) is 1. The predicted octanol–water partition coefficient (Wildman–Crippen LogP) is 1.94. The van der Waals surface area contributed by atoms with Crippen molar-refractivity contribution in [2.45, 2.75) is 26.4 Å². The highest BCUT2D eigenvalue weighted by atomic mass is 16.5. The molecule has 1 unspecified atom stereocenters. The Balaban J connectivity index is 3.16. The topological polar surface area (TPSA) is 38.7 Å². The molecule has 0 radical (unpaired) electrons. The second-order valence-corrected chi connectivity index (χ2v) is 3.63. The van der Waals surface area contributed by atoms with Crippen molar-refractivity contribution in [2.75, 3.05) is 14.2 Å². The van der Waals surface area contributed by atoms with Crippen molar-refractivity contribution in [3.63, 3.8) is 0 Å². The third kappa shape index (κ3) is 2.63. The third-order valence-corrected chi connectivity index (χ3v) is 2.45. The van der Waals surface area contributed by atoms with Crippen LogP contribution in [0.4, 0.5) is 0 Å². The molecule has 1 N–H and O–H groups in total. The first-order valence-electron chi connectivity index (χ1n) is 4.98. The van der Waals surface area contributed by atoms with Crippen molar-refractivity contribution < 1.29 is 14.6 Å². The summed E-state index contributed by atoms with van der Waals surface area (Å²) in [5, 5.41) is 9.42. The Morgan fingerprint density at radius 3 is 2.20 bits per heavy atom. The van der Waals surface area contributed by atoms with Gasteiger partial charge in [0.25, 0.3) is 0 Å². The summed E-state index contributed by atoms with van der Waals surface area (Å²) in [5.74, 6) is 1.63. The standard InChI is InChI=1S/C12H18O3/c1-8(13)7-10-9(2)11(14-3)5-6-12(10)15-4/h5-6,8,13H,7H2,1-4H3. The fourth-order valence-corrected chi connectivity index (χ4v) is 1.67. The van der Waals surface area contributed by atoms with Crippen molar-refractivity contribution in [1.82, 2.24) is 0 Å². The molecule has 0 aromatic heterocycles. The summed E-state index contributed by atoms with van der Waals surface area (Å²) >= 11 is 0. The van der Waals surface area contributed by atoms with Crippen molar-refractivity contribution in [1.29, 1.82) is 0 Å². The van der Waals surface area contributed by atoms with E-state index in [1.165, 1.54) is 0 Å². The second-order valence-electron chi connectivity index (χ2n) is 3.63. The molecule has 0 amide bonds. The van der Waals surface area contributed by atoms with E-state index < -0.39 is 0 Å². The Hall–Kier alpha value is -1.22. The first-order valence-corrected chi connectivity index (χ1v) is 4.98. The maximum Gasteiger partial charge on any atom is 0.122 e. The van der Waals surface area contributed by atoms with Gasteiger partial charge < -0.3 is 14.6 Å². The summed E-state index contributed by atoms with van der Waals surface area (Å²) in [6, 6.07) is 3.74. The van der Waals surface area contributed by atoms with Gasteiger partial charge in [0.1, 0.15) is 11.5 Å². The molecule has 1 atom stereocenters. The van der Waals surface area contributed by atoms with Crippen LogP contribution in [0.25, 0.3) is 0 Å². The molecule has 0 aliphatic heterocycles. The minimum atomic E-state index is -0.385. The summed E-state index contributed by atoms with van der Waals surface area (Å²) in [7, 11) is 3.27. The van der Waals surface area contributed by atoms with E-state index in [-0.39, 0.29) is 6.10 Å². The van der Waals surface area contributed by atoms with Gasteiger partial charge in [0.2, 0.25) is 0 Å². The molecule has 1 aromatic carbocycles. The number of ether oxygens (including phenoxy) is 2. The Morgan fingerprint density at radius 1 is 1.20 bits per heavy atom. The highest BCUT2D eigenvalue weighted by Crippen LogP contribution is 2.30. The minimum absolute atomic E-state index is 0.385. The van der Waals surface area contributed by atoms with Crippen LogP contribution in [0.2, 0.25) is 0 Å². The van der Waals surface area contributed by atoms with E-state index in [1.807, 2.05) is 19.1 Å². The molecule has 1 rings (SSSR count). The average molecular weight is 210 g/mol. The van der Waals surface area contributed by atoms with E-state index in [9.17, 15) is 5.11 Å². The molecule has 1 aromatic rings. The molecule has 3 nitrogen and oxygen atoms in total. The number of hydrogen-bond acceptors (Lipinski definition) is 3. The normalized spacial score (nSPS) is 12.3. The third-order valence-electron chi connectivity index (χ3n) is 2.45. The van der Waals surface area contributed by atoms with Gasteiger partial charge in [-0.05, 0) is 31.5 Å². The molecule has 0 spiro atoms. The maximum atomic E-state index is 9.42. The summed E-state index contributed by atoms with van der Waals surface area (Å²) in [6.07, 6.45) is 0.191. The predicted molar refractivity (Wildman–Crippen MR) is 59.7 cm³/mol. The first kappa shape index (κ1) is 11.9. The van der Waals surface area contributed by atoms with Crippen LogP contribution in [0.15, 0.2) is 12.1 Å². The van der Waals surface area contributed by atoms with Crippen LogP contribution in [0, 0.1) is 6.92 Å². The van der Waals surface area contributed by atoms with Crippen molar-refractivity contribution in [3.05, 3.63) is 23.3 Å². The lowest BCUT2D eigenvalue weighted by molar-refractivity contribution is 0.193. The Labute approximate surface area is 90.6 Å². The average Bonchev–Trinajstić information content (AvgIpc) is 2.20. The molecular weight excluding hydrogens is 192 g/mol. The SMILES string of the molecule is COc1ccc(OC)c(CC(C)O)c1C. The fraction of sp³-hybridized carbons (Fsp3) is 0.500. The number of aliphatic hydroxyl groups is 1. The van der Waals surface area contributed by atoms with E-state index >= 15 is 0 Å². The lowest BCUT2D eigenvalue weighted by Gasteiger charge is -2.15. The summed E-state index contributed by atoms with van der Waals surface area (Å²) in [6.45, 7) is 3.73. The largest absolute Gasteiger partial charge is 0.496 e. The zero-order valence-corrected chi connectivity index (χ0v) is 9.70. The lowest BCUT2D eigenvalue weighted by Crippen LogP contribution is -2.08. The van der Waals surface area contributed by atoms with Crippen LogP contribution in [-0.4, -0.2) is 25.4 Å². The highest BCUT2D eigenvalue weighted by Gasteiger charge is 2.12. The molecule has 0 saturated carbocycles. The quantitative estimate of drug-likeness (QED) is 0.825. The van der Waals surface area contributed by atoms with Crippen LogP contribution in [0.3, 0.4) is 0 Å². The van der Waals surface area contributed by atoms with Gasteiger partial charge in [-0.15, -0.1) is 0 Å². The van der Waals surface area contributed by atoms with Crippen LogP contribution >= 0.6 is 0 Å². The van der Waals surface area contributed by atoms with Gasteiger partial charge in [-0.2, -0.15) is 0 Å². The van der Waals surface area contributed by atoms with Crippen molar-refractivity contribution in [2.24, 2.45) is 0 Å². The minimum Gasteiger partial charge on any atom is -0.496 e. The molecule has 0 aliphatic rings. The molecule has 3 heteroatoms. The van der Waals surface area contributed by atoms with Crippen LogP contribution in [0.1, 0.15) is 18.1 Å². The first-order chi connectivity index (χ1) is 7.10. The Morgan fingerprint density at radius 2 is 1.73 bits per heavy atom. The Bertz CT molecular complexity index is 332. The maximum absolute atomic E-state index is 9.42. The summed E-state index contributed by atoms with van der Waals surface area (Å²) < 4.78 is 10.5. The smallest absolute Gasteiger partial charge is 0.122 e. The second kappa shape index (κ2) is 5.03. The van der Waals surface area contributed by atoms with Crippen molar-refractivity contribution >= 4 is 0 Å². The lowest BCUT2D eigenvalue weighted by atomic mass is 10.0. The summed E-state index contributed by atoms with van der Waals surface area (Å²) in [4.78, 5) is 0. The number of benzene rings is 1. The van der Waals surface area contributed by atoms with Gasteiger partial charge in [0.05, 0.1) is 20.3 Å². The van der Waals surface area contributed by atoms with E-state index in [0.29, 0.717) is 6.42 Å². The number of methoxy groups -OCH3 is 2. The monoisotopic (exact) mass is 210 g/mol. The molecule has 0 saturated heterocycles. The molecule has 0 heterocycles. The van der Waals surface area contributed by atoms with Crippen molar-refractivity contribution in [3.8, 4) is 11.5 Å². The highest BCUT2D eigenvalue weighted by molar-refractivity contribution is 5.48. The Kier molecular flexibility index (Phi) is 3.97. The van der Waals surface area contributed by atoms with E-state index in [4.69, 9.17) is 9.47 Å². The molecule has 0 bridgehead atoms. The van der Waals surface area contributed by atoms with Gasteiger partial charge in [0.15, 0.2) is 0 Å². The number of aliphatic hydroxyl groups excluding tert-OH is 1. The summed E-state index contributed by atoms with van der Waals surface area (Å²) in [5.41, 5.74) is 2.03. The molecule has 84 valence electrons. The van der Waals surface area contributed by atoms with Crippen LogP contribution in [0.5, 0.6) is 11.5 Å². The molecule has 0 aliphatic carbocycles. The fourth-order valence-electron chi connectivity index (χ4n) is 1.67. The van der Waals surface area contributed by atoms with Gasteiger partial charge in [-0.25, -0.2) is 0 Å². The van der Waals surface area contributed by atoms with E-state index in [1.54, 1.807) is 21.1 Å². The van der Waals surface area contributed by atoms with E-state index in [0.717, 1.165) is 22.6 Å². The van der Waals surface area contributed by atoms with Gasteiger partial charge >= 0.3 is 0 Å². The van der Waals surface area contributed by atoms with Crippen LogP contribution < -0.4 is 9.47 Å². The van der Waals surface area contributed by atoms with E-state index in [2.05, 4.69) is 0 Å². The van der Waals surface area contributed by atoms with Gasteiger partial charge in [-0.1, -0.05) is 0 Å². The molecule has 15 heavy (non-hydrogen) atoms. The zero-order chi connectivity index (χ0) is 11.4. The molecular formula is C12H18O3. The molecule has 0 fully saturated rings. The van der Waals surface area contributed by atoms with Gasteiger partial charge in [0, 0.05) is 12.0 Å². The van der Waals surface area contributed by atoms with Crippen LogP contribution in [-0.2, 0) is 6.42 Å².